The van der Waals surface area contributed by atoms with Gasteiger partial charge in [0.1, 0.15) is 11.7 Å². The fourth-order valence-corrected chi connectivity index (χ4v) is 1.95. The Morgan fingerprint density at radius 1 is 1.38 bits per heavy atom. The molecule has 3 amide bonds. The van der Waals surface area contributed by atoms with E-state index >= 15 is 0 Å². The van der Waals surface area contributed by atoms with Gasteiger partial charge in [0.15, 0.2) is 0 Å². The van der Waals surface area contributed by atoms with Crippen molar-refractivity contribution in [1.29, 1.82) is 0 Å². The van der Waals surface area contributed by atoms with Crippen molar-refractivity contribution in [1.82, 2.24) is 15.2 Å². The second kappa shape index (κ2) is 5.70. The van der Waals surface area contributed by atoms with Crippen LogP contribution in [0, 0.1) is 0 Å². The van der Waals surface area contributed by atoms with E-state index in [0.717, 1.165) is 11.1 Å². The van der Waals surface area contributed by atoms with E-state index in [1.54, 1.807) is 0 Å². The van der Waals surface area contributed by atoms with Gasteiger partial charge >= 0.3 is 5.97 Å². The number of hydrogen-bond donors (Lipinski definition) is 2. The minimum absolute atomic E-state index is 0.146. The van der Waals surface area contributed by atoms with Gasteiger partial charge in [-0.2, -0.15) is 0 Å². The van der Waals surface area contributed by atoms with Gasteiger partial charge in [0, 0.05) is 19.7 Å². The largest absolute Gasteiger partial charge is 0.477 e. The second-order valence-corrected chi connectivity index (χ2v) is 4.59. The lowest BCUT2D eigenvalue weighted by Crippen LogP contribution is -2.52. The van der Waals surface area contributed by atoms with Crippen LogP contribution in [-0.2, 0) is 9.59 Å². The van der Waals surface area contributed by atoms with Gasteiger partial charge < -0.3 is 10.4 Å². The molecule has 1 saturated heterocycles. The van der Waals surface area contributed by atoms with E-state index < -0.39 is 23.8 Å². The number of hydrogen-bond acceptors (Lipinski definition) is 5. The maximum absolute atomic E-state index is 12.0. The summed E-state index contributed by atoms with van der Waals surface area (Å²) in [6, 6.07) is 1.75. The molecule has 0 spiro atoms. The average Bonchev–Trinajstić information content (AvgIpc) is 2.48. The summed E-state index contributed by atoms with van der Waals surface area (Å²) < 4.78 is 0. The molecule has 0 bridgehead atoms. The van der Waals surface area contributed by atoms with Crippen LogP contribution in [0.2, 0.25) is 0 Å². The molecule has 0 saturated carbocycles. The summed E-state index contributed by atoms with van der Waals surface area (Å²) in [7, 11) is 1.37. The SMILES string of the molecule is CN1C(=O)CCC(NC(=O)c2ccc(C(=O)O)nc2)C1=O. The Labute approximate surface area is 119 Å². The van der Waals surface area contributed by atoms with Crippen molar-refractivity contribution >= 4 is 23.7 Å². The number of carboxylic acids is 1. The van der Waals surface area contributed by atoms with Crippen LogP contribution in [0.25, 0.3) is 0 Å². The van der Waals surface area contributed by atoms with Crippen molar-refractivity contribution in [2.24, 2.45) is 0 Å². The zero-order chi connectivity index (χ0) is 15.6. The number of carbonyl (C=O) groups excluding carboxylic acids is 3. The number of aromatic nitrogens is 1. The highest BCUT2D eigenvalue weighted by molar-refractivity contribution is 6.03. The van der Waals surface area contributed by atoms with Crippen LogP contribution in [0.3, 0.4) is 0 Å². The number of nitrogens with zero attached hydrogens (tertiary/aromatic N) is 2. The van der Waals surface area contributed by atoms with Gasteiger partial charge in [0.2, 0.25) is 5.91 Å². The molecule has 8 nitrogen and oxygen atoms in total. The number of amides is 3. The molecule has 1 aliphatic heterocycles. The van der Waals surface area contributed by atoms with Crippen LogP contribution < -0.4 is 5.32 Å². The maximum atomic E-state index is 12.0. The highest BCUT2D eigenvalue weighted by Crippen LogP contribution is 2.12. The Morgan fingerprint density at radius 3 is 2.67 bits per heavy atom. The third-order valence-corrected chi connectivity index (χ3v) is 3.20. The van der Waals surface area contributed by atoms with E-state index in [-0.39, 0.29) is 30.0 Å². The summed E-state index contributed by atoms with van der Waals surface area (Å²) in [6.45, 7) is 0. The number of aromatic carboxylic acids is 1. The van der Waals surface area contributed by atoms with Crippen LogP contribution in [0.15, 0.2) is 18.3 Å². The van der Waals surface area contributed by atoms with Crippen molar-refractivity contribution in [2.75, 3.05) is 7.05 Å². The average molecular weight is 291 g/mol. The Bertz CT molecular complexity index is 611. The second-order valence-electron chi connectivity index (χ2n) is 4.59. The number of piperidine rings is 1. The molecule has 0 aliphatic carbocycles. The Kier molecular flexibility index (Phi) is 3.97. The number of imide groups is 1. The summed E-state index contributed by atoms with van der Waals surface area (Å²) in [5.74, 6) is -2.47. The normalized spacial score (nSPS) is 18.5. The number of pyridine rings is 1. The molecule has 1 atom stereocenters. The predicted molar refractivity (Wildman–Crippen MR) is 69.5 cm³/mol. The first-order valence-corrected chi connectivity index (χ1v) is 6.20. The highest BCUT2D eigenvalue weighted by atomic mass is 16.4. The smallest absolute Gasteiger partial charge is 0.354 e. The Hall–Kier alpha value is -2.77. The van der Waals surface area contributed by atoms with Gasteiger partial charge in [-0.05, 0) is 18.6 Å². The summed E-state index contributed by atoms with van der Waals surface area (Å²) >= 11 is 0. The Morgan fingerprint density at radius 2 is 2.10 bits per heavy atom. The van der Waals surface area contributed by atoms with E-state index in [1.165, 1.54) is 19.2 Å². The first kappa shape index (κ1) is 14.6. The van der Waals surface area contributed by atoms with Crippen molar-refractivity contribution in [3.63, 3.8) is 0 Å². The zero-order valence-electron chi connectivity index (χ0n) is 11.2. The lowest BCUT2D eigenvalue weighted by molar-refractivity contribution is -0.147. The van der Waals surface area contributed by atoms with E-state index in [9.17, 15) is 19.2 Å². The van der Waals surface area contributed by atoms with Crippen LogP contribution >= 0.6 is 0 Å². The van der Waals surface area contributed by atoms with Crippen molar-refractivity contribution in [3.05, 3.63) is 29.6 Å². The van der Waals surface area contributed by atoms with Crippen LogP contribution in [0.5, 0.6) is 0 Å². The maximum Gasteiger partial charge on any atom is 0.354 e. The number of nitrogens with one attached hydrogen (secondary N) is 1. The molecule has 2 heterocycles. The van der Waals surface area contributed by atoms with Gasteiger partial charge in [-0.25, -0.2) is 9.78 Å². The number of carbonyl (C=O) groups is 4. The number of likely N-dealkylation sites (tertiary alicyclic amines) is 1. The molecular formula is C13H13N3O5. The summed E-state index contributed by atoms with van der Waals surface area (Å²) in [5.41, 5.74) is -0.0297. The van der Waals surface area contributed by atoms with E-state index in [4.69, 9.17) is 5.11 Å². The molecule has 2 N–H and O–H groups in total. The predicted octanol–water partition coefficient (Wildman–Crippen LogP) is -0.343. The first-order valence-electron chi connectivity index (χ1n) is 6.20. The van der Waals surface area contributed by atoms with Gasteiger partial charge in [-0.15, -0.1) is 0 Å². The van der Waals surface area contributed by atoms with Crippen molar-refractivity contribution < 1.29 is 24.3 Å². The van der Waals surface area contributed by atoms with Crippen LogP contribution in [0.4, 0.5) is 0 Å². The number of carboxylic acid groups (broad SMARTS) is 1. The summed E-state index contributed by atoms with van der Waals surface area (Å²) in [5, 5.41) is 11.2. The number of likely N-dealkylation sites (N-methyl/N-ethyl adjacent to an activating group) is 1. The molecule has 2 rings (SSSR count). The molecule has 21 heavy (non-hydrogen) atoms. The third-order valence-electron chi connectivity index (χ3n) is 3.20. The van der Waals surface area contributed by atoms with Crippen molar-refractivity contribution in [2.45, 2.75) is 18.9 Å². The fourth-order valence-electron chi connectivity index (χ4n) is 1.95. The third kappa shape index (κ3) is 3.04. The minimum atomic E-state index is -1.19. The zero-order valence-corrected chi connectivity index (χ0v) is 11.2. The highest BCUT2D eigenvalue weighted by Gasteiger charge is 2.32. The molecule has 1 aliphatic rings. The molecule has 8 heteroatoms. The molecule has 0 radical (unpaired) electrons. The van der Waals surface area contributed by atoms with Gasteiger partial charge in [-0.3, -0.25) is 19.3 Å². The van der Waals surface area contributed by atoms with E-state index in [0.29, 0.717) is 0 Å². The standard InChI is InChI=1S/C13H13N3O5/c1-16-10(17)5-4-8(12(16)19)15-11(18)7-2-3-9(13(20)21)14-6-7/h2-3,6,8H,4-5H2,1H3,(H,15,18)(H,20,21). The van der Waals surface area contributed by atoms with Gasteiger partial charge in [0.05, 0.1) is 5.56 Å². The van der Waals surface area contributed by atoms with E-state index in [2.05, 4.69) is 10.3 Å². The molecule has 0 aromatic carbocycles. The minimum Gasteiger partial charge on any atom is -0.477 e. The van der Waals surface area contributed by atoms with Crippen LogP contribution in [0.1, 0.15) is 33.7 Å². The first-order chi connectivity index (χ1) is 9.90. The summed E-state index contributed by atoms with van der Waals surface area (Å²) in [4.78, 5) is 50.4. The van der Waals surface area contributed by atoms with Crippen LogP contribution in [-0.4, -0.2) is 51.8 Å². The lowest BCUT2D eigenvalue weighted by atomic mass is 10.0. The molecule has 1 aromatic heterocycles. The number of rotatable bonds is 3. The monoisotopic (exact) mass is 291 g/mol. The molecular weight excluding hydrogens is 278 g/mol. The quantitative estimate of drug-likeness (QED) is 0.736. The molecule has 110 valence electrons. The molecule has 1 fully saturated rings. The van der Waals surface area contributed by atoms with E-state index in [1.807, 2.05) is 0 Å². The molecule has 1 unspecified atom stereocenters. The van der Waals surface area contributed by atoms with Gasteiger partial charge in [-0.1, -0.05) is 0 Å². The van der Waals surface area contributed by atoms with Crippen molar-refractivity contribution in [3.8, 4) is 0 Å². The fraction of sp³-hybridized carbons (Fsp3) is 0.308. The lowest BCUT2D eigenvalue weighted by Gasteiger charge is -2.28. The Balaban J connectivity index is 2.06. The summed E-state index contributed by atoms with van der Waals surface area (Å²) in [6.07, 6.45) is 1.55. The molecule has 1 aromatic rings. The van der Waals surface area contributed by atoms with Gasteiger partial charge in [0.25, 0.3) is 11.8 Å². The topological polar surface area (TPSA) is 117 Å².